The molecule has 2 nitrogen and oxygen atoms in total. The Morgan fingerprint density at radius 3 is 2.38 bits per heavy atom. The van der Waals surface area contributed by atoms with Crippen molar-refractivity contribution in [2.45, 2.75) is 24.8 Å². The first-order valence-electron chi connectivity index (χ1n) is 5.21. The Labute approximate surface area is 105 Å². The van der Waals surface area contributed by atoms with Gasteiger partial charge in [0.2, 0.25) is 0 Å². The van der Waals surface area contributed by atoms with Gasteiger partial charge in [-0.15, -0.1) is 0 Å². The van der Waals surface area contributed by atoms with Crippen molar-refractivity contribution in [2.24, 2.45) is 0 Å². The Morgan fingerprint density at radius 1 is 1.31 bits per heavy atom. The van der Waals surface area contributed by atoms with Crippen molar-refractivity contribution >= 4 is 28.5 Å². The van der Waals surface area contributed by atoms with Gasteiger partial charge >= 0.3 is 7.12 Å². The molecule has 1 aromatic rings. The summed E-state index contributed by atoms with van der Waals surface area (Å²) in [6, 6.07) is 8.17. The van der Waals surface area contributed by atoms with Crippen molar-refractivity contribution in [3.8, 4) is 0 Å². The summed E-state index contributed by atoms with van der Waals surface area (Å²) in [7, 11) is -0.327. The van der Waals surface area contributed by atoms with Crippen LogP contribution in [-0.4, -0.2) is 12.7 Å². The lowest BCUT2D eigenvalue weighted by atomic mass is 9.79. The van der Waals surface area contributed by atoms with E-state index in [1.165, 1.54) is 5.56 Å². The Kier molecular flexibility index (Phi) is 3.13. The number of rotatable bonds is 2. The largest absolute Gasteiger partial charge is 0.563 e. The molecule has 16 heavy (non-hydrogen) atoms. The van der Waals surface area contributed by atoms with Crippen molar-refractivity contribution in [3.63, 3.8) is 0 Å². The lowest BCUT2D eigenvalue weighted by Crippen LogP contribution is -2.34. The van der Waals surface area contributed by atoms with Gasteiger partial charge in [-0.2, -0.15) is 0 Å². The van der Waals surface area contributed by atoms with Gasteiger partial charge in [-0.05, 0) is 24.9 Å². The van der Waals surface area contributed by atoms with Crippen LogP contribution in [-0.2, 0) is 14.6 Å². The molecule has 0 aromatic heterocycles. The van der Waals surface area contributed by atoms with Crippen molar-refractivity contribution < 1.29 is 9.31 Å². The summed E-state index contributed by atoms with van der Waals surface area (Å²) in [5.74, 6) is 0.682. The lowest BCUT2D eigenvalue weighted by Gasteiger charge is -2.15. The van der Waals surface area contributed by atoms with Crippen LogP contribution in [0.2, 0.25) is 0 Å². The SMILES string of the molecule is C=C1OB(c2ccc(CBr)cc2)OC1(C)C. The second-order valence-corrected chi connectivity index (χ2v) is 4.94. The predicted molar refractivity (Wildman–Crippen MR) is 69.9 cm³/mol. The molecule has 0 bridgehead atoms. The molecule has 1 fully saturated rings. The zero-order valence-corrected chi connectivity index (χ0v) is 11.1. The van der Waals surface area contributed by atoms with Crippen LogP contribution in [0.3, 0.4) is 0 Å². The van der Waals surface area contributed by atoms with Gasteiger partial charge in [-0.1, -0.05) is 46.8 Å². The highest BCUT2D eigenvalue weighted by Gasteiger charge is 2.42. The highest BCUT2D eigenvalue weighted by Crippen LogP contribution is 2.29. The average Bonchev–Trinajstić information content (AvgIpc) is 2.54. The molecule has 0 saturated carbocycles. The van der Waals surface area contributed by atoms with E-state index in [1.807, 2.05) is 26.0 Å². The molecule has 0 radical (unpaired) electrons. The summed E-state index contributed by atoms with van der Waals surface area (Å²) in [6.45, 7) is 7.78. The fourth-order valence-corrected chi connectivity index (χ4v) is 1.90. The number of hydrogen-bond acceptors (Lipinski definition) is 2. The highest BCUT2D eigenvalue weighted by atomic mass is 79.9. The fourth-order valence-electron chi connectivity index (χ4n) is 1.53. The van der Waals surface area contributed by atoms with Crippen LogP contribution >= 0.6 is 15.9 Å². The maximum absolute atomic E-state index is 5.79. The molecule has 1 aromatic carbocycles. The first-order chi connectivity index (χ1) is 7.53. The molecular weight excluding hydrogens is 267 g/mol. The molecule has 0 aliphatic carbocycles. The summed E-state index contributed by atoms with van der Waals surface area (Å²) >= 11 is 3.42. The number of halogens is 1. The van der Waals surface area contributed by atoms with Crippen LogP contribution in [0.4, 0.5) is 0 Å². The van der Waals surface area contributed by atoms with Crippen LogP contribution < -0.4 is 5.46 Å². The van der Waals surface area contributed by atoms with Gasteiger partial charge in [-0.25, -0.2) is 0 Å². The monoisotopic (exact) mass is 280 g/mol. The number of hydrogen-bond donors (Lipinski definition) is 0. The summed E-state index contributed by atoms with van der Waals surface area (Å²) in [5.41, 5.74) is 1.86. The minimum absolute atomic E-state index is 0.327. The molecular formula is C12H14BBrO2. The minimum Gasteiger partial charge on any atom is -0.534 e. The Bertz CT molecular complexity index is 400. The zero-order chi connectivity index (χ0) is 11.8. The molecule has 1 heterocycles. The standard InChI is InChI=1S/C12H14BBrO2/c1-9-12(2,3)16-13(15-9)11-6-4-10(8-14)5-7-11/h4-7H,1,8H2,2-3H3. The van der Waals surface area contributed by atoms with Gasteiger partial charge in [0.15, 0.2) is 0 Å². The molecule has 2 rings (SSSR count). The van der Waals surface area contributed by atoms with Crippen LogP contribution in [0.5, 0.6) is 0 Å². The number of benzene rings is 1. The van der Waals surface area contributed by atoms with E-state index in [9.17, 15) is 0 Å². The maximum Gasteiger partial charge on any atom is 0.563 e. The third-order valence-electron chi connectivity index (χ3n) is 2.73. The first kappa shape index (κ1) is 11.7. The topological polar surface area (TPSA) is 18.5 Å². The van der Waals surface area contributed by atoms with Crippen molar-refractivity contribution in [3.05, 3.63) is 42.2 Å². The van der Waals surface area contributed by atoms with Crippen LogP contribution in [0, 0.1) is 0 Å². The summed E-state index contributed by atoms with van der Waals surface area (Å²) in [5, 5.41) is 0.859. The molecule has 84 valence electrons. The molecule has 0 unspecified atom stereocenters. The fraction of sp³-hybridized carbons (Fsp3) is 0.333. The van der Waals surface area contributed by atoms with E-state index >= 15 is 0 Å². The van der Waals surface area contributed by atoms with Crippen LogP contribution in [0.25, 0.3) is 0 Å². The van der Waals surface area contributed by atoms with Crippen LogP contribution in [0.1, 0.15) is 19.4 Å². The quantitative estimate of drug-likeness (QED) is 0.613. The molecule has 1 aliphatic heterocycles. The van der Waals surface area contributed by atoms with Gasteiger partial charge < -0.3 is 9.31 Å². The average molecular weight is 281 g/mol. The Hall–Kier alpha value is -0.735. The van der Waals surface area contributed by atoms with Crippen molar-refractivity contribution in [1.29, 1.82) is 0 Å². The predicted octanol–water partition coefficient (Wildman–Crippen LogP) is 2.62. The zero-order valence-electron chi connectivity index (χ0n) is 9.50. The molecule has 4 heteroatoms. The Balaban J connectivity index is 2.17. The van der Waals surface area contributed by atoms with Gasteiger partial charge in [0.1, 0.15) is 5.60 Å². The molecule has 0 spiro atoms. The molecule has 1 aliphatic rings. The minimum atomic E-state index is -0.404. The normalized spacial score (nSPS) is 18.7. The summed E-state index contributed by atoms with van der Waals surface area (Å²) in [6.07, 6.45) is 0. The van der Waals surface area contributed by atoms with Gasteiger partial charge in [0.25, 0.3) is 0 Å². The molecule has 0 atom stereocenters. The van der Waals surface area contributed by atoms with E-state index in [0.29, 0.717) is 5.76 Å². The molecule has 1 saturated heterocycles. The summed E-state index contributed by atoms with van der Waals surface area (Å²) < 4.78 is 11.4. The first-order valence-corrected chi connectivity index (χ1v) is 6.34. The van der Waals surface area contributed by atoms with E-state index in [1.54, 1.807) is 0 Å². The van der Waals surface area contributed by atoms with E-state index in [-0.39, 0.29) is 7.12 Å². The second kappa shape index (κ2) is 4.26. The number of alkyl halides is 1. The Morgan fingerprint density at radius 2 is 1.94 bits per heavy atom. The van der Waals surface area contributed by atoms with E-state index in [4.69, 9.17) is 9.31 Å². The van der Waals surface area contributed by atoms with Crippen LogP contribution in [0.15, 0.2) is 36.6 Å². The van der Waals surface area contributed by atoms with Crippen molar-refractivity contribution in [1.82, 2.24) is 0 Å². The maximum atomic E-state index is 5.79. The molecule has 0 amide bonds. The third-order valence-corrected chi connectivity index (χ3v) is 3.38. The van der Waals surface area contributed by atoms with Crippen molar-refractivity contribution in [2.75, 3.05) is 0 Å². The van der Waals surface area contributed by atoms with E-state index in [0.717, 1.165) is 10.8 Å². The second-order valence-electron chi connectivity index (χ2n) is 4.38. The third kappa shape index (κ3) is 2.18. The van der Waals surface area contributed by atoms with E-state index in [2.05, 4.69) is 34.6 Å². The summed E-state index contributed by atoms with van der Waals surface area (Å²) in [4.78, 5) is 0. The van der Waals surface area contributed by atoms with Gasteiger partial charge in [0.05, 0.1) is 5.76 Å². The molecule has 0 N–H and O–H groups in total. The smallest absolute Gasteiger partial charge is 0.534 e. The highest BCUT2D eigenvalue weighted by molar-refractivity contribution is 9.08. The van der Waals surface area contributed by atoms with Gasteiger partial charge in [-0.3, -0.25) is 0 Å². The van der Waals surface area contributed by atoms with Gasteiger partial charge in [0, 0.05) is 5.33 Å². The van der Waals surface area contributed by atoms with E-state index < -0.39 is 5.60 Å². The lowest BCUT2D eigenvalue weighted by molar-refractivity contribution is 0.173.